The maximum absolute atomic E-state index is 7.19. The van der Waals surface area contributed by atoms with Crippen LogP contribution in [0, 0.1) is 0 Å². The standard InChI is InChI=1S/C70H124O35/c1-22-23-24-25-26-27-28-91-35-42-49-56(83-14)63(90-21)70(98-42)104-48-41(34-76-7)96-68(61(88-19)55(48)82-13)102-46-39(32-74-5)94-66(59(86-17)53(46)80-11)100-44-37(30-72-3)92-64(57(84-15)51(44)78-9)99-43-36(29-71-2)93-65(58(85-16)50(43)77-8)101-45-38(31-73-4)95-67(60(87-18)52(45)79-10)103-47-40(33-75-6)97-69(105-49)62(89-20)54(47)81-12/h22,36-70H,1,23-35H2,2-21H3/t36-,37-,38-,39-,40-,41-,42-,43-,44-,45-,46-,47-,48-,49-,50+,51+,52+,53+,54+,55+,56+,57-,58-,59-,60-,61-,62-,63-,64-,65-,66-,67-,68-,69-,70-/m1/s1. The maximum atomic E-state index is 7.19. The molecule has 0 amide bonds. The summed E-state index contributed by atoms with van der Waals surface area (Å²) in [5.41, 5.74) is 0. The van der Waals surface area contributed by atoms with E-state index in [1.807, 2.05) is 6.08 Å². The predicted molar refractivity (Wildman–Crippen MR) is 361 cm³/mol. The van der Waals surface area contributed by atoms with Crippen LogP contribution in [0.15, 0.2) is 12.7 Å². The SMILES string of the molecule is C=CCCCCCCOC[C@H]1O[C@@H]2O[C@H]3[C@H](OC)[C@@H](OC)[C@@H](O[C@H]4[C@H](OC)[C@@H](OC)[C@@H](O[C@H]5[C@H](OC)[C@@H](OC)[C@@H](O[C@H]6[C@H](OC)[C@@H](OC)[C@@H](O[C@H]7[C@H](OC)[C@@H](OC)[C@@H](O[C@H]8[C@H](OC)[C@@H](OC)[C@@H](O[C@H]1[C@H](OC)[C@H]2OC)O[C@@H]8COC)O[C@@H]7COC)O[C@@H]6COC)O[C@@H]5COC)O[C@@H]4COC)O[C@@H]3COC. The van der Waals surface area contributed by atoms with E-state index in [0.29, 0.717) is 6.61 Å². The number of unbranched alkanes of at least 4 members (excludes halogenated alkanes) is 4. The molecule has 21 saturated heterocycles. The smallest absolute Gasteiger partial charge is 0.187 e. The van der Waals surface area contributed by atoms with Crippen LogP contribution in [0.25, 0.3) is 0 Å². The van der Waals surface area contributed by atoms with Crippen molar-refractivity contribution in [1.82, 2.24) is 0 Å². The molecule has 0 saturated carbocycles. The molecule has 21 rings (SSSR count). The van der Waals surface area contributed by atoms with E-state index in [4.69, 9.17) is 166 Å². The minimum Gasteiger partial charge on any atom is -0.382 e. The van der Waals surface area contributed by atoms with Crippen molar-refractivity contribution in [3.05, 3.63) is 12.7 Å². The van der Waals surface area contributed by atoms with Gasteiger partial charge in [0.15, 0.2) is 44.0 Å². The van der Waals surface area contributed by atoms with E-state index in [-0.39, 0.29) is 46.2 Å². The third-order valence-corrected chi connectivity index (χ3v) is 20.7. The van der Waals surface area contributed by atoms with Crippen molar-refractivity contribution in [2.45, 2.75) is 247 Å². The summed E-state index contributed by atoms with van der Waals surface area (Å²) in [5, 5.41) is 0. The van der Waals surface area contributed by atoms with E-state index in [1.54, 1.807) is 0 Å². The quantitative estimate of drug-likeness (QED) is 0.0631. The molecular formula is C70H124O35. The number of rotatable bonds is 35. The van der Waals surface area contributed by atoms with E-state index in [1.165, 1.54) is 142 Å². The molecule has 0 aliphatic carbocycles. The summed E-state index contributed by atoms with van der Waals surface area (Å²) in [6.07, 6.45) is -29.6. The van der Waals surface area contributed by atoms with Crippen LogP contribution in [0.2, 0.25) is 0 Å². The van der Waals surface area contributed by atoms with Gasteiger partial charge in [-0.25, -0.2) is 0 Å². The molecule has 0 N–H and O–H groups in total. The average Bonchev–Trinajstić information content (AvgIpc) is 0.774. The van der Waals surface area contributed by atoms with E-state index < -0.39 is 215 Å². The Kier molecular flexibility index (Phi) is 38.3. The summed E-state index contributed by atoms with van der Waals surface area (Å²) in [4.78, 5) is 0. The van der Waals surface area contributed by atoms with Gasteiger partial charge >= 0.3 is 0 Å². The Morgan fingerprint density at radius 2 is 0.381 bits per heavy atom. The molecule has 35 atom stereocenters. The van der Waals surface area contributed by atoms with Gasteiger partial charge in [0, 0.05) is 149 Å². The van der Waals surface area contributed by atoms with Crippen molar-refractivity contribution in [2.75, 3.05) is 195 Å². The lowest BCUT2D eigenvalue weighted by Gasteiger charge is -2.52. The minimum atomic E-state index is -1.23. The third kappa shape index (κ3) is 20.8. The summed E-state index contributed by atoms with van der Waals surface area (Å²) in [6, 6.07) is 0. The first-order valence-corrected chi connectivity index (χ1v) is 35.9. The van der Waals surface area contributed by atoms with Crippen LogP contribution in [0.4, 0.5) is 0 Å². The minimum absolute atomic E-state index is 0.00372. The van der Waals surface area contributed by atoms with Crippen molar-refractivity contribution in [3.8, 4) is 0 Å². The molecule has 35 heteroatoms. The highest BCUT2D eigenvalue weighted by Gasteiger charge is 2.62. The molecule has 0 spiro atoms. The van der Waals surface area contributed by atoms with Crippen molar-refractivity contribution in [3.63, 3.8) is 0 Å². The summed E-state index contributed by atoms with van der Waals surface area (Å²) < 4.78 is 229. The normalized spacial score (nSPS) is 43.8. The second kappa shape index (κ2) is 45.3. The molecule has 0 aromatic heterocycles. The highest BCUT2D eigenvalue weighted by atomic mass is 16.8. The number of hydrogen-bond acceptors (Lipinski definition) is 35. The number of hydrogen-bond donors (Lipinski definition) is 0. The van der Waals surface area contributed by atoms with E-state index in [2.05, 4.69) is 6.58 Å². The zero-order chi connectivity index (χ0) is 75.9. The topological polar surface area (TPSA) is 323 Å². The van der Waals surface area contributed by atoms with Crippen LogP contribution in [-0.4, -0.2) is 410 Å². The molecule has 21 aliphatic heterocycles. The maximum Gasteiger partial charge on any atom is 0.187 e. The average molecular weight is 1530 g/mol. The molecule has 0 radical (unpaired) electrons. The second-order valence-corrected chi connectivity index (χ2v) is 26.6. The van der Waals surface area contributed by atoms with Gasteiger partial charge in [-0.15, -0.1) is 6.58 Å². The van der Waals surface area contributed by atoms with Crippen LogP contribution >= 0.6 is 0 Å². The lowest BCUT2D eigenvalue weighted by Crippen LogP contribution is -2.69. The summed E-state index contributed by atoms with van der Waals surface area (Å²) in [6.45, 7) is 4.03. The van der Waals surface area contributed by atoms with Gasteiger partial charge in [0.1, 0.15) is 171 Å². The third-order valence-electron chi connectivity index (χ3n) is 20.7. The fourth-order valence-corrected chi connectivity index (χ4v) is 15.7. The predicted octanol–water partition coefficient (Wildman–Crippen LogP) is 1.01. The highest BCUT2D eigenvalue weighted by Crippen LogP contribution is 2.43. The Morgan fingerprint density at radius 1 is 0.210 bits per heavy atom. The molecule has 105 heavy (non-hydrogen) atoms. The van der Waals surface area contributed by atoms with Crippen molar-refractivity contribution in [2.24, 2.45) is 0 Å². The number of ether oxygens (including phenoxy) is 35. The van der Waals surface area contributed by atoms with Crippen LogP contribution in [0.5, 0.6) is 0 Å². The van der Waals surface area contributed by atoms with Gasteiger partial charge in [-0.2, -0.15) is 0 Å². The Bertz CT molecular complexity index is 2350. The van der Waals surface area contributed by atoms with Gasteiger partial charge in [0.25, 0.3) is 0 Å². The van der Waals surface area contributed by atoms with Gasteiger partial charge in [-0.3, -0.25) is 0 Å². The van der Waals surface area contributed by atoms with Gasteiger partial charge < -0.3 is 166 Å². The van der Waals surface area contributed by atoms with Gasteiger partial charge in [0.05, 0.1) is 46.2 Å². The van der Waals surface area contributed by atoms with Crippen LogP contribution in [0.1, 0.15) is 32.1 Å². The Balaban J connectivity index is 1.24. The lowest BCUT2D eigenvalue weighted by molar-refractivity contribution is -0.402. The van der Waals surface area contributed by atoms with Crippen molar-refractivity contribution < 1.29 is 166 Å². The fraction of sp³-hybridized carbons (Fsp3) is 0.971. The molecule has 614 valence electrons. The monoisotopic (exact) mass is 1520 g/mol. The molecule has 21 heterocycles. The Labute approximate surface area is 618 Å². The van der Waals surface area contributed by atoms with E-state index in [0.717, 1.165) is 32.1 Å². The fourth-order valence-electron chi connectivity index (χ4n) is 15.7. The number of allylic oxidation sites excluding steroid dienone is 1. The van der Waals surface area contributed by atoms with Gasteiger partial charge in [0.2, 0.25) is 0 Å². The van der Waals surface area contributed by atoms with Crippen molar-refractivity contribution in [1.29, 1.82) is 0 Å². The summed E-state index contributed by atoms with van der Waals surface area (Å²) in [5.74, 6) is 0. The highest BCUT2D eigenvalue weighted by molar-refractivity contribution is 5.04. The largest absolute Gasteiger partial charge is 0.382 e. The molecule has 0 unspecified atom stereocenters. The number of methoxy groups -OCH3 is 20. The first-order valence-electron chi connectivity index (χ1n) is 35.9. The molecule has 21 aliphatic rings. The Hall–Kier alpha value is -1.66. The zero-order valence-electron chi connectivity index (χ0n) is 65.0. The molecule has 14 bridgehead atoms. The molecule has 0 aromatic carbocycles. The second-order valence-electron chi connectivity index (χ2n) is 26.6. The molecular weight excluding hydrogens is 1400 g/mol. The van der Waals surface area contributed by atoms with Gasteiger partial charge in [-0.1, -0.05) is 18.9 Å². The molecule has 21 fully saturated rings. The Morgan fingerprint density at radius 3 is 0.543 bits per heavy atom. The molecule has 35 nitrogen and oxygen atoms in total. The lowest BCUT2D eigenvalue weighted by atomic mass is 9.94. The summed E-state index contributed by atoms with van der Waals surface area (Å²) >= 11 is 0. The summed E-state index contributed by atoms with van der Waals surface area (Å²) in [7, 11) is 30.4. The first kappa shape index (κ1) is 88.9. The van der Waals surface area contributed by atoms with Gasteiger partial charge in [-0.05, 0) is 19.3 Å². The van der Waals surface area contributed by atoms with Crippen LogP contribution in [-0.2, 0) is 166 Å². The van der Waals surface area contributed by atoms with Crippen LogP contribution in [0.3, 0.4) is 0 Å². The van der Waals surface area contributed by atoms with E-state index in [9.17, 15) is 0 Å². The van der Waals surface area contributed by atoms with Crippen LogP contribution < -0.4 is 0 Å². The van der Waals surface area contributed by atoms with E-state index >= 15 is 0 Å². The zero-order valence-corrected chi connectivity index (χ0v) is 65.0. The van der Waals surface area contributed by atoms with Crippen molar-refractivity contribution >= 4 is 0 Å². The first-order chi connectivity index (χ1) is 51.2. The molecule has 0 aromatic rings.